The van der Waals surface area contributed by atoms with Crippen LogP contribution in [0.1, 0.15) is 138 Å². The number of esters is 1. The second-order valence-electron chi connectivity index (χ2n) is 33.5. The SMILES string of the molecule is COC(=O)[C@]1(NC(=O)[C@]2(NC(=O)[C@]3(NC(=O)[C@]4(NC(=O)[C@]5(N)[C@@H]([C@H]6COC(C)(C)O6)O[C@@H]6OC(C)(C)O[C@@H]65)[C@@H](C5COC(C)(C)O5)O[C@@H]5OC(C)(C)O[C@@H]54)[C@@H](C4COC(C)(C)O4)O[C@@H]4OC(C)(C)O[C@@H]43)[C@@H](C3COC(C)(C)O3)O[C@@H]3OC(C)(C)O[C@@H]32)[C@@H](C2COC(C)(C)O2)O[C@@H]2OC(C)(C)O[C@@H]21. The summed E-state index contributed by atoms with van der Waals surface area (Å²) in [7, 11) is 1.11. The van der Waals surface area contributed by atoms with Gasteiger partial charge in [-0.2, -0.15) is 0 Å². The third kappa shape index (κ3) is 11.7. The van der Waals surface area contributed by atoms with Crippen molar-refractivity contribution in [1.29, 1.82) is 0 Å². The van der Waals surface area contributed by atoms with Crippen molar-refractivity contribution in [2.24, 2.45) is 5.73 Å². The largest absolute Gasteiger partial charge is 0.467 e. The molecule has 15 aliphatic heterocycles. The average molecular weight is 1460 g/mol. The Labute approximate surface area is 589 Å². The summed E-state index contributed by atoms with van der Waals surface area (Å²) in [4.78, 5) is 85.5. The molecule has 36 nitrogen and oxygen atoms in total. The van der Waals surface area contributed by atoms with E-state index in [4.69, 9.17) is 129 Å². The number of nitrogens with one attached hydrogen (secondary N) is 4. The highest BCUT2D eigenvalue weighted by atomic mass is 16.9. The zero-order valence-electron chi connectivity index (χ0n) is 61.3. The minimum absolute atomic E-state index is 0.118. The van der Waals surface area contributed by atoms with E-state index in [1.54, 1.807) is 138 Å². The number of rotatable bonds is 14. The first kappa shape index (κ1) is 73.8. The highest BCUT2D eigenvalue weighted by molar-refractivity contribution is 6.04. The van der Waals surface area contributed by atoms with Crippen molar-refractivity contribution in [3.8, 4) is 0 Å². The molecule has 15 heterocycles. The van der Waals surface area contributed by atoms with Crippen LogP contribution in [0.25, 0.3) is 0 Å². The lowest BCUT2D eigenvalue weighted by Gasteiger charge is -2.47. The molecule has 574 valence electrons. The van der Waals surface area contributed by atoms with Crippen molar-refractivity contribution < 1.29 is 147 Å². The molecule has 4 amide bonds. The number of nitrogens with two attached hydrogens (primary N) is 1. The first-order valence-corrected chi connectivity index (χ1v) is 34.9. The molecule has 0 bridgehead atoms. The van der Waals surface area contributed by atoms with E-state index in [0.717, 1.165) is 7.11 Å². The predicted octanol–water partition coefficient (Wildman–Crippen LogP) is -0.584. The van der Waals surface area contributed by atoms with Crippen LogP contribution in [0.15, 0.2) is 0 Å². The Morgan fingerprint density at radius 3 is 0.755 bits per heavy atom. The molecule has 15 saturated heterocycles. The monoisotopic (exact) mass is 1460 g/mol. The molecule has 0 aromatic rings. The Bertz CT molecular complexity index is 3390. The lowest BCUT2D eigenvalue weighted by Crippen LogP contribution is -2.83. The van der Waals surface area contributed by atoms with E-state index in [2.05, 4.69) is 21.3 Å². The van der Waals surface area contributed by atoms with E-state index in [9.17, 15) is 0 Å². The van der Waals surface area contributed by atoms with Crippen molar-refractivity contribution in [3.05, 3.63) is 0 Å². The molecular weight excluding hydrogens is 1360 g/mol. The molecule has 15 rings (SSSR count). The quantitative estimate of drug-likeness (QED) is 0.136. The van der Waals surface area contributed by atoms with Gasteiger partial charge in [-0.15, -0.1) is 0 Å². The van der Waals surface area contributed by atoms with Gasteiger partial charge in [0.2, 0.25) is 5.91 Å². The first-order chi connectivity index (χ1) is 47.0. The van der Waals surface area contributed by atoms with E-state index < -0.39 is 238 Å². The third-order valence-corrected chi connectivity index (χ3v) is 21.4. The van der Waals surface area contributed by atoms with Gasteiger partial charge in [-0.1, -0.05) is 0 Å². The van der Waals surface area contributed by atoms with Crippen LogP contribution in [0.5, 0.6) is 0 Å². The smallest absolute Gasteiger partial charge is 0.337 e. The number of hydrogen-bond acceptors (Lipinski definition) is 32. The number of amides is 4. The van der Waals surface area contributed by atoms with Gasteiger partial charge in [-0.05, 0) is 138 Å². The fourth-order valence-electron chi connectivity index (χ4n) is 17.4. The standard InChI is InChI=1S/C66H99N5O31/c1-52(2)78-22-27(88-52)32-62(67,37-42(83-32)98-57(11,12)93-37)47(72)68-63(33(28-23-79-53(3,4)89-28)84-43-38(63)94-58(13,14)99-43)48(73)69-64(34(29-24-80-54(5,6)90-29)85-44-39(64)95-59(15,16)100-44)49(74)70-65(35(30-25-81-55(7,8)91-30)86-45-40(65)96-60(17,18)101-45)50(75)71-66(51(76)77-21)36(31-26-82-56(9,10)92-31)87-46-41(66)97-61(19,20)102-46/h27-46H,22-26,67H2,1-21H3,(H,68,72)(H,69,73)(H,70,74)(H,71,75)/t27-,28?,29?,30?,31?,32-,33-,34-,35-,36-,37+,38+,39+,40+,41+,42-,43-,44-,45-,46-,62+,63+,64+,65+,66+/m1/s1. The number of ether oxygens (including phenoxy) is 26. The summed E-state index contributed by atoms with van der Waals surface area (Å²) in [5, 5.41) is 12.3. The van der Waals surface area contributed by atoms with Crippen LogP contribution < -0.4 is 27.0 Å². The van der Waals surface area contributed by atoms with Gasteiger partial charge in [0.1, 0.15) is 91.6 Å². The van der Waals surface area contributed by atoms with Crippen molar-refractivity contribution in [3.63, 3.8) is 0 Å². The molecule has 102 heavy (non-hydrogen) atoms. The summed E-state index contributed by atoms with van der Waals surface area (Å²) in [5.74, 6) is -20.2. The zero-order valence-corrected chi connectivity index (χ0v) is 61.3. The van der Waals surface area contributed by atoms with Gasteiger partial charge < -0.3 is 150 Å². The molecule has 0 aromatic heterocycles. The molecule has 0 radical (unpaired) electrons. The molecule has 36 heteroatoms. The Morgan fingerprint density at radius 2 is 0.490 bits per heavy atom. The zero-order chi connectivity index (χ0) is 73.7. The van der Waals surface area contributed by atoms with Gasteiger partial charge in [0.15, 0.2) is 117 Å². The maximum atomic E-state index is 18.0. The maximum absolute atomic E-state index is 18.0. The van der Waals surface area contributed by atoms with Crippen molar-refractivity contribution >= 4 is 29.6 Å². The molecule has 25 atom stereocenters. The Kier molecular flexibility index (Phi) is 16.9. The Hall–Kier alpha value is -3.69. The summed E-state index contributed by atoms with van der Waals surface area (Å²) in [6, 6.07) is 0. The lowest BCUT2D eigenvalue weighted by molar-refractivity contribution is -0.237. The molecule has 0 saturated carbocycles. The molecule has 0 aromatic carbocycles. The summed E-state index contributed by atoms with van der Waals surface area (Å²) >= 11 is 0. The van der Waals surface area contributed by atoms with Crippen molar-refractivity contribution in [1.82, 2.24) is 21.3 Å². The van der Waals surface area contributed by atoms with E-state index in [1.165, 1.54) is 0 Å². The van der Waals surface area contributed by atoms with Crippen LogP contribution in [0.2, 0.25) is 0 Å². The summed E-state index contributed by atoms with van der Waals surface area (Å²) < 4.78 is 169. The summed E-state index contributed by atoms with van der Waals surface area (Å²) in [5.41, 5.74) is -5.60. The molecule has 6 N–H and O–H groups in total. The topological polar surface area (TPSA) is 399 Å². The number of hydrogen-bond donors (Lipinski definition) is 5. The predicted molar refractivity (Wildman–Crippen MR) is 330 cm³/mol. The van der Waals surface area contributed by atoms with Crippen LogP contribution in [-0.2, 0) is 147 Å². The number of carbonyl (C=O) groups is 5. The molecule has 4 unspecified atom stereocenters. The lowest BCUT2D eigenvalue weighted by atomic mass is 9.76. The Morgan fingerprint density at radius 1 is 0.275 bits per heavy atom. The maximum Gasteiger partial charge on any atom is 0.337 e. The van der Waals surface area contributed by atoms with Crippen LogP contribution in [0, 0.1) is 0 Å². The van der Waals surface area contributed by atoms with Gasteiger partial charge in [0, 0.05) is 0 Å². The van der Waals surface area contributed by atoms with E-state index >= 15 is 24.0 Å². The fourth-order valence-corrected chi connectivity index (χ4v) is 17.4. The number of fused-ring (bicyclic) bond motifs is 5. The van der Waals surface area contributed by atoms with Gasteiger partial charge in [0.25, 0.3) is 17.7 Å². The average Bonchev–Trinajstić information content (AvgIpc) is 1.52. The summed E-state index contributed by atoms with van der Waals surface area (Å²) in [6.07, 6.45) is -30.0. The summed E-state index contributed by atoms with van der Waals surface area (Å²) in [6.45, 7) is 31.1. The van der Waals surface area contributed by atoms with Gasteiger partial charge >= 0.3 is 5.97 Å². The minimum atomic E-state index is -2.86. The first-order valence-electron chi connectivity index (χ1n) is 34.9. The van der Waals surface area contributed by atoms with E-state index in [1.807, 2.05) is 0 Å². The molecule has 15 fully saturated rings. The van der Waals surface area contributed by atoms with Crippen LogP contribution in [0.4, 0.5) is 0 Å². The van der Waals surface area contributed by atoms with Crippen LogP contribution >= 0.6 is 0 Å². The van der Waals surface area contributed by atoms with Gasteiger partial charge in [-0.25, -0.2) is 4.79 Å². The van der Waals surface area contributed by atoms with Crippen LogP contribution in [-0.4, -0.2) is 278 Å². The molecular formula is C66H99N5O31. The minimum Gasteiger partial charge on any atom is -0.467 e. The number of carbonyl (C=O) groups excluding carboxylic acids is 5. The number of methoxy groups -OCH3 is 1. The van der Waals surface area contributed by atoms with Crippen molar-refractivity contribution in [2.75, 3.05) is 40.1 Å². The van der Waals surface area contributed by atoms with Crippen molar-refractivity contribution in [2.45, 2.75) is 347 Å². The third-order valence-electron chi connectivity index (χ3n) is 21.4. The molecule has 0 aliphatic carbocycles. The van der Waals surface area contributed by atoms with E-state index in [0.29, 0.717) is 0 Å². The van der Waals surface area contributed by atoms with Gasteiger partial charge in [0.05, 0.1) is 40.1 Å². The second-order valence-corrected chi connectivity index (χ2v) is 33.5. The normalized spacial score (nSPS) is 49.1. The van der Waals surface area contributed by atoms with Crippen LogP contribution in [0.3, 0.4) is 0 Å². The highest BCUT2D eigenvalue weighted by Crippen LogP contribution is 2.56. The molecule has 15 aliphatic rings. The van der Waals surface area contributed by atoms with Gasteiger partial charge in [-0.3, -0.25) is 19.2 Å². The second kappa shape index (κ2) is 23.4. The molecule has 0 spiro atoms. The van der Waals surface area contributed by atoms with E-state index in [-0.39, 0.29) is 33.0 Å². The Balaban J connectivity index is 0.928. The highest BCUT2D eigenvalue weighted by Gasteiger charge is 2.81. The fraction of sp³-hybridized carbons (Fsp3) is 0.924.